The number of rotatable bonds is 2. The summed E-state index contributed by atoms with van der Waals surface area (Å²) in [7, 11) is 0. The summed E-state index contributed by atoms with van der Waals surface area (Å²) < 4.78 is 7.29. The molecule has 0 spiro atoms. The largest absolute Gasteiger partial charge is 0.378 e. The minimum Gasteiger partial charge on any atom is -0.378 e. The first-order chi connectivity index (χ1) is 7.09. The van der Waals surface area contributed by atoms with Crippen molar-refractivity contribution in [2.75, 3.05) is 6.61 Å². The SMILES string of the molecule is CC1OCCC1C(=O)c1cc(Br)sc1Br. The van der Waals surface area contributed by atoms with Crippen LogP contribution < -0.4 is 0 Å². The van der Waals surface area contributed by atoms with Gasteiger partial charge in [0.2, 0.25) is 0 Å². The van der Waals surface area contributed by atoms with Crippen LogP contribution in [0.3, 0.4) is 0 Å². The van der Waals surface area contributed by atoms with Crippen LogP contribution in [-0.4, -0.2) is 18.5 Å². The van der Waals surface area contributed by atoms with Crippen LogP contribution in [0.2, 0.25) is 0 Å². The molecule has 2 unspecified atom stereocenters. The van der Waals surface area contributed by atoms with Gasteiger partial charge in [-0.3, -0.25) is 4.79 Å². The minimum atomic E-state index is 0.0165. The fourth-order valence-electron chi connectivity index (χ4n) is 1.78. The Morgan fingerprint density at radius 2 is 2.33 bits per heavy atom. The minimum absolute atomic E-state index is 0.0165. The smallest absolute Gasteiger partial charge is 0.170 e. The number of hydrogen-bond donors (Lipinski definition) is 0. The quantitative estimate of drug-likeness (QED) is 0.754. The normalized spacial score (nSPS) is 25.8. The first-order valence-electron chi connectivity index (χ1n) is 4.70. The van der Waals surface area contributed by atoms with Crippen LogP contribution in [0.5, 0.6) is 0 Å². The predicted octanol–water partition coefficient (Wildman–Crippen LogP) is 3.88. The van der Waals surface area contributed by atoms with Crippen LogP contribution in [0.25, 0.3) is 0 Å². The average molecular weight is 354 g/mol. The third-order valence-corrected chi connectivity index (χ3v) is 4.97. The Morgan fingerprint density at radius 1 is 1.60 bits per heavy atom. The Hall–Kier alpha value is 0.290. The number of carbonyl (C=O) groups excluding carboxylic acids is 1. The van der Waals surface area contributed by atoms with Crippen molar-refractivity contribution >= 4 is 49.0 Å². The number of hydrogen-bond acceptors (Lipinski definition) is 3. The maximum Gasteiger partial charge on any atom is 0.170 e. The molecule has 0 radical (unpaired) electrons. The van der Waals surface area contributed by atoms with Gasteiger partial charge in [0, 0.05) is 12.2 Å². The lowest BCUT2D eigenvalue weighted by atomic mass is 9.94. The van der Waals surface area contributed by atoms with Gasteiger partial charge in [-0.05, 0) is 51.3 Å². The predicted molar refractivity (Wildman–Crippen MR) is 67.6 cm³/mol. The van der Waals surface area contributed by atoms with Crippen molar-refractivity contribution in [3.8, 4) is 0 Å². The van der Waals surface area contributed by atoms with Crippen LogP contribution in [0.15, 0.2) is 13.6 Å². The van der Waals surface area contributed by atoms with E-state index in [9.17, 15) is 4.79 Å². The topological polar surface area (TPSA) is 26.3 Å². The molecular formula is C10H10Br2O2S. The van der Waals surface area contributed by atoms with E-state index in [1.54, 1.807) is 0 Å². The van der Waals surface area contributed by atoms with E-state index in [1.165, 1.54) is 11.3 Å². The lowest BCUT2D eigenvalue weighted by Crippen LogP contribution is -2.21. The highest BCUT2D eigenvalue weighted by Crippen LogP contribution is 2.35. The maximum absolute atomic E-state index is 12.2. The monoisotopic (exact) mass is 352 g/mol. The molecule has 1 aliphatic heterocycles. The van der Waals surface area contributed by atoms with Crippen LogP contribution in [0, 0.1) is 5.92 Å². The van der Waals surface area contributed by atoms with E-state index in [4.69, 9.17) is 4.74 Å². The standard InChI is InChI=1S/C10H10Br2O2S/c1-5-6(2-3-14-5)9(13)7-4-8(11)15-10(7)12/h4-6H,2-3H2,1H3. The van der Waals surface area contributed by atoms with Crippen molar-refractivity contribution in [1.29, 1.82) is 0 Å². The molecule has 1 aromatic heterocycles. The molecular weight excluding hydrogens is 344 g/mol. The molecule has 82 valence electrons. The molecule has 5 heteroatoms. The second kappa shape index (κ2) is 4.65. The molecule has 2 rings (SSSR count). The number of ketones is 1. The van der Waals surface area contributed by atoms with Gasteiger partial charge in [-0.2, -0.15) is 0 Å². The van der Waals surface area contributed by atoms with Crippen LogP contribution in [-0.2, 0) is 4.74 Å². The van der Waals surface area contributed by atoms with Crippen molar-refractivity contribution in [2.45, 2.75) is 19.4 Å². The number of thiophene rings is 1. The number of halogens is 2. The Labute approximate surface area is 109 Å². The molecule has 1 aromatic rings. The van der Waals surface area contributed by atoms with Crippen molar-refractivity contribution in [3.05, 3.63) is 19.2 Å². The second-order valence-electron chi connectivity index (χ2n) is 3.57. The summed E-state index contributed by atoms with van der Waals surface area (Å²) in [6.45, 7) is 2.66. The molecule has 0 amide bonds. The molecule has 1 saturated heterocycles. The Kier molecular flexibility index (Phi) is 3.65. The molecule has 2 atom stereocenters. The van der Waals surface area contributed by atoms with E-state index < -0.39 is 0 Å². The van der Waals surface area contributed by atoms with E-state index in [0.717, 1.165) is 19.6 Å². The van der Waals surface area contributed by atoms with E-state index in [1.807, 2.05) is 13.0 Å². The van der Waals surface area contributed by atoms with Crippen molar-refractivity contribution in [2.24, 2.45) is 5.92 Å². The van der Waals surface area contributed by atoms with Crippen molar-refractivity contribution in [3.63, 3.8) is 0 Å². The van der Waals surface area contributed by atoms with Gasteiger partial charge in [0.25, 0.3) is 0 Å². The number of carbonyl (C=O) groups is 1. The summed E-state index contributed by atoms with van der Waals surface area (Å²) in [6, 6.07) is 1.88. The van der Waals surface area contributed by atoms with Crippen molar-refractivity contribution in [1.82, 2.24) is 0 Å². The van der Waals surface area contributed by atoms with Gasteiger partial charge >= 0.3 is 0 Å². The maximum atomic E-state index is 12.2. The lowest BCUT2D eigenvalue weighted by molar-refractivity contribution is 0.0764. The van der Waals surface area contributed by atoms with Crippen LogP contribution >= 0.6 is 43.2 Å². The molecule has 15 heavy (non-hydrogen) atoms. The fraction of sp³-hybridized carbons (Fsp3) is 0.500. The Bertz CT molecular complexity index is 389. The van der Waals surface area contributed by atoms with E-state index >= 15 is 0 Å². The summed E-state index contributed by atoms with van der Waals surface area (Å²) in [5, 5.41) is 0. The first kappa shape index (κ1) is 11.8. The summed E-state index contributed by atoms with van der Waals surface area (Å²) in [4.78, 5) is 12.2. The van der Waals surface area contributed by atoms with Gasteiger partial charge in [-0.25, -0.2) is 0 Å². The van der Waals surface area contributed by atoms with Gasteiger partial charge in [-0.1, -0.05) is 0 Å². The van der Waals surface area contributed by atoms with Gasteiger partial charge in [0.05, 0.1) is 19.6 Å². The summed E-state index contributed by atoms with van der Waals surface area (Å²) in [5.41, 5.74) is 0.772. The zero-order chi connectivity index (χ0) is 11.0. The van der Waals surface area contributed by atoms with Gasteiger partial charge in [0.15, 0.2) is 5.78 Å². The third-order valence-electron chi connectivity index (χ3n) is 2.64. The molecule has 1 fully saturated rings. The molecule has 0 aromatic carbocycles. The molecule has 2 heterocycles. The van der Waals surface area contributed by atoms with Crippen molar-refractivity contribution < 1.29 is 9.53 Å². The van der Waals surface area contributed by atoms with E-state index in [0.29, 0.717) is 6.61 Å². The number of ether oxygens (including phenoxy) is 1. The molecule has 0 aliphatic carbocycles. The molecule has 0 bridgehead atoms. The highest BCUT2D eigenvalue weighted by atomic mass is 79.9. The van der Waals surface area contributed by atoms with Crippen LogP contribution in [0.1, 0.15) is 23.7 Å². The average Bonchev–Trinajstić information content (AvgIpc) is 2.71. The summed E-state index contributed by atoms with van der Waals surface area (Å²) in [5.74, 6) is 0.205. The zero-order valence-electron chi connectivity index (χ0n) is 8.13. The fourth-order valence-corrected chi connectivity index (χ4v) is 4.60. The Balaban J connectivity index is 2.24. The Morgan fingerprint density at radius 3 is 2.80 bits per heavy atom. The van der Waals surface area contributed by atoms with Crippen LogP contribution in [0.4, 0.5) is 0 Å². The van der Waals surface area contributed by atoms with Gasteiger partial charge in [0.1, 0.15) is 0 Å². The molecule has 0 N–H and O–H groups in total. The van der Waals surface area contributed by atoms with E-state index in [-0.39, 0.29) is 17.8 Å². The molecule has 1 aliphatic rings. The lowest BCUT2D eigenvalue weighted by Gasteiger charge is -2.11. The highest BCUT2D eigenvalue weighted by Gasteiger charge is 2.32. The van der Waals surface area contributed by atoms with Gasteiger partial charge < -0.3 is 4.74 Å². The molecule has 2 nitrogen and oxygen atoms in total. The zero-order valence-corrected chi connectivity index (χ0v) is 12.1. The van der Waals surface area contributed by atoms with E-state index in [2.05, 4.69) is 31.9 Å². The second-order valence-corrected chi connectivity index (χ2v) is 7.32. The summed E-state index contributed by atoms with van der Waals surface area (Å²) >= 11 is 8.32. The highest BCUT2D eigenvalue weighted by molar-refractivity contribution is 9.12. The number of Topliss-reactive ketones (excluding diaryl/α,β-unsaturated/α-hetero) is 1. The summed E-state index contributed by atoms with van der Waals surface area (Å²) in [6.07, 6.45) is 0.878. The van der Waals surface area contributed by atoms with Gasteiger partial charge in [-0.15, -0.1) is 11.3 Å². The first-order valence-corrected chi connectivity index (χ1v) is 7.10. The third kappa shape index (κ3) is 2.35. The molecule has 0 saturated carbocycles.